The number of hydrogen-bond acceptors (Lipinski definition) is 4. The maximum absolute atomic E-state index is 14.1. The highest BCUT2D eigenvalue weighted by atomic mass is 35.5. The van der Waals surface area contributed by atoms with Gasteiger partial charge in [0.1, 0.15) is 22.8 Å². The molecule has 1 amide bonds. The third kappa shape index (κ3) is 3.23. The molecule has 3 rings (SSSR count). The lowest BCUT2D eigenvalue weighted by molar-refractivity contribution is 0.0929. The maximum Gasteiger partial charge on any atom is 0.257 e. The summed E-state index contributed by atoms with van der Waals surface area (Å²) in [6, 6.07) is 4.37. The highest BCUT2D eigenvalue weighted by Gasteiger charge is 2.27. The molecule has 0 bridgehead atoms. The molecule has 23 heavy (non-hydrogen) atoms. The molecule has 0 radical (unpaired) electrons. The molecular weight excluding hydrogens is 321 g/mol. The van der Waals surface area contributed by atoms with Crippen molar-refractivity contribution in [2.75, 3.05) is 13.1 Å². The van der Waals surface area contributed by atoms with Crippen LogP contribution in [0.15, 0.2) is 22.7 Å². The second kappa shape index (κ2) is 6.68. The molecule has 1 aliphatic heterocycles. The van der Waals surface area contributed by atoms with Gasteiger partial charge >= 0.3 is 0 Å². The molecule has 1 aromatic heterocycles. The number of benzene rings is 1. The van der Waals surface area contributed by atoms with Gasteiger partial charge in [-0.1, -0.05) is 22.8 Å². The average molecular weight is 338 g/mol. The molecule has 0 aliphatic carbocycles. The maximum atomic E-state index is 14.1. The van der Waals surface area contributed by atoms with E-state index in [1.807, 2.05) is 0 Å². The van der Waals surface area contributed by atoms with Gasteiger partial charge in [-0.05, 0) is 38.4 Å². The van der Waals surface area contributed by atoms with Crippen LogP contribution in [0.2, 0.25) is 5.02 Å². The van der Waals surface area contributed by atoms with Crippen molar-refractivity contribution in [2.24, 2.45) is 0 Å². The van der Waals surface area contributed by atoms with Gasteiger partial charge < -0.3 is 15.2 Å². The molecule has 122 valence electrons. The molecule has 1 saturated heterocycles. The zero-order chi connectivity index (χ0) is 16.4. The monoisotopic (exact) mass is 337 g/mol. The summed E-state index contributed by atoms with van der Waals surface area (Å²) >= 11 is 6.08. The third-order valence-electron chi connectivity index (χ3n) is 3.92. The van der Waals surface area contributed by atoms with Crippen LogP contribution >= 0.6 is 11.6 Å². The molecule has 5 nitrogen and oxygen atoms in total. The number of nitrogens with zero attached hydrogens (tertiary/aromatic N) is 1. The molecule has 0 spiro atoms. The highest BCUT2D eigenvalue weighted by Crippen LogP contribution is 2.33. The van der Waals surface area contributed by atoms with Crippen LogP contribution in [0.5, 0.6) is 0 Å². The van der Waals surface area contributed by atoms with E-state index in [4.69, 9.17) is 16.1 Å². The average Bonchev–Trinajstić information content (AvgIpc) is 2.90. The lowest BCUT2D eigenvalue weighted by atomic mass is 10.0. The zero-order valence-electron chi connectivity index (χ0n) is 12.7. The lowest BCUT2D eigenvalue weighted by Gasteiger charge is -2.23. The largest absolute Gasteiger partial charge is 0.360 e. The molecule has 7 heteroatoms. The Morgan fingerprint density at radius 1 is 1.52 bits per heavy atom. The van der Waals surface area contributed by atoms with Crippen LogP contribution in [0.4, 0.5) is 4.39 Å². The van der Waals surface area contributed by atoms with Gasteiger partial charge in [-0.25, -0.2) is 4.39 Å². The summed E-state index contributed by atoms with van der Waals surface area (Å²) in [6.45, 7) is 3.29. The number of carbonyl (C=O) groups is 1. The topological polar surface area (TPSA) is 67.2 Å². The fourth-order valence-corrected chi connectivity index (χ4v) is 3.02. The number of aromatic nitrogens is 1. The minimum atomic E-state index is -0.542. The second-order valence-electron chi connectivity index (χ2n) is 5.58. The Hall–Kier alpha value is -1.92. The second-order valence-corrected chi connectivity index (χ2v) is 5.98. The van der Waals surface area contributed by atoms with Gasteiger partial charge in [0.05, 0.1) is 10.6 Å². The SMILES string of the molecule is Cc1onc(-c2c(F)cccc2Cl)c1C(=O)N[C@H]1CCCNC1. The predicted molar refractivity (Wildman–Crippen MR) is 85.0 cm³/mol. The van der Waals surface area contributed by atoms with Gasteiger partial charge in [-0.2, -0.15) is 0 Å². The molecule has 1 aliphatic rings. The highest BCUT2D eigenvalue weighted by molar-refractivity contribution is 6.33. The summed E-state index contributed by atoms with van der Waals surface area (Å²) in [6.07, 6.45) is 1.90. The number of halogens is 2. The molecule has 2 N–H and O–H groups in total. The lowest BCUT2D eigenvalue weighted by Crippen LogP contribution is -2.45. The summed E-state index contributed by atoms with van der Waals surface area (Å²) < 4.78 is 19.3. The van der Waals surface area contributed by atoms with E-state index in [1.165, 1.54) is 12.1 Å². The molecule has 1 fully saturated rings. The van der Waals surface area contributed by atoms with E-state index in [-0.39, 0.29) is 33.8 Å². The van der Waals surface area contributed by atoms with Crippen LogP contribution in [0.3, 0.4) is 0 Å². The Morgan fingerprint density at radius 3 is 3.04 bits per heavy atom. The first-order chi connectivity index (χ1) is 11.1. The first kappa shape index (κ1) is 16.0. The summed E-state index contributed by atoms with van der Waals surface area (Å²) in [5, 5.41) is 10.2. The predicted octanol–water partition coefficient (Wildman–Crippen LogP) is 2.92. The molecular formula is C16H17ClFN3O2. The van der Waals surface area contributed by atoms with Crippen molar-refractivity contribution < 1.29 is 13.7 Å². The number of rotatable bonds is 3. The first-order valence-electron chi connectivity index (χ1n) is 7.50. The fourth-order valence-electron chi connectivity index (χ4n) is 2.77. The number of carbonyl (C=O) groups excluding carboxylic acids is 1. The van der Waals surface area contributed by atoms with Crippen molar-refractivity contribution in [3.63, 3.8) is 0 Å². The van der Waals surface area contributed by atoms with Gasteiger partial charge in [0.15, 0.2) is 0 Å². The van der Waals surface area contributed by atoms with Crippen molar-refractivity contribution in [1.82, 2.24) is 15.8 Å². The Labute approximate surface area is 138 Å². The molecule has 1 atom stereocenters. The van der Waals surface area contributed by atoms with E-state index >= 15 is 0 Å². The van der Waals surface area contributed by atoms with E-state index in [2.05, 4.69) is 15.8 Å². The smallest absolute Gasteiger partial charge is 0.257 e. The first-order valence-corrected chi connectivity index (χ1v) is 7.88. The van der Waals surface area contributed by atoms with Crippen molar-refractivity contribution in [3.05, 3.63) is 40.4 Å². The summed E-state index contributed by atoms with van der Waals surface area (Å²) in [5.74, 6) is -0.536. The third-order valence-corrected chi connectivity index (χ3v) is 4.24. The normalized spacial score (nSPS) is 18.0. The van der Waals surface area contributed by atoms with E-state index in [0.29, 0.717) is 12.3 Å². The molecule has 1 aromatic carbocycles. The zero-order valence-corrected chi connectivity index (χ0v) is 13.4. The Balaban J connectivity index is 1.94. The van der Waals surface area contributed by atoms with Gasteiger partial charge in [0.2, 0.25) is 0 Å². The minimum absolute atomic E-state index is 0.0366. The number of amides is 1. The Bertz CT molecular complexity index is 706. The number of piperidine rings is 1. The Kier molecular flexibility index (Phi) is 4.63. The number of aryl methyl sites for hydroxylation is 1. The van der Waals surface area contributed by atoms with Crippen molar-refractivity contribution in [2.45, 2.75) is 25.8 Å². The Morgan fingerprint density at radius 2 is 2.35 bits per heavy atom. The number of hydrogen-bond donors (Lipinski definition) is 2. The van der Waals surface area contributed by atoms with E-state index in [0.717, 1.165) is 19.4 Å². The summed E-state index contributed by atoms with van der Waals surface area (Å²) in [7, 11) is 0. The van der Waals surface area contributed by atoms with Crippen molar-refractivity contribution in [1.29, 1.82) is 0 Å². The van der Waals surface area contributed by atoms with Crippen molar-refractivity contribution >= 4 is 17.5 Å². The van der Waals surface area contributed by atoms with Crippen molar-refractivity contribution in [3.8, 4) is 11.3 Å². The van der Waals surface area contributed by atoms with Crippen LogP contribution in [-0.4, -0.2) is 30.2 Å². The van der Waals surface area contributed by atoms with Crippen LogP contribution in [0.1, 0.15) is 29.0 Å². The van der Waals surface area contributed by atoms with Crippen LogP contribution in [-0.2, 0) is 0 Å². The molecule has 2 heterocycles. The van der Waals surface area contributed by atoms with Crippen LogP contribution in [0.25, 0.3) is 11.3 Å². The fraction of sp³-hybridized carbons (Fsp3) is 0.375. The standard InChI is InChI=1S/C16H17ClFN3O2/c1-9-13(16(22)20-10-4-3-7-19-8-10)15(21-23-9)14-11(17)5-2-6-12(14)18/h2,5-6,10,19H,3-4,7-8H2,1H3,(H,20,22)/t10-/m0/s1. The molecule has 0 saturated carbocycles. The van der Waals surface area contributed by atoms with E-state index in [9.17, 15) is 9.18 Å². The minimum Gasteiger partial charge on any atom is -0.360 e. The van der Waals surface area contributed by atoms with Gasteiger partial charge in [-0.15, -0.1) is 0 Å². The van der Waals surface area contributed by atoms with E-state index < -0.39 is 5.82 Å². The quantitative estimate of drug-likeness (QED) is 0.903. The molecule has 0 unspecified atom stereocenters. The summed E-state index contributed by atoms with van der Waals surface area (Å²) in [4.78, 5) is 12.6. The van der Waals surface area contributed by atoms with Crippen LogP contribution in [0, 0.1) is 12.7 Å². The molecule has 2 aromatic rings. The number of nitrogens with one attached hydrogen (secondary N) is 2. The van der Waals surface area contributed by atoms with Crippen LogP contribution < -0.4 is 10.6 Å². The van der Waals surface area contributed by atoms with Gasteiger partial charge in [0, 0.05) is 12.6 Å². The van der Waals surface area contributed by atoms with Gasteiger partial charge in [-0.3, -0.25) is 4.79 Å². The summed E-state index contributed by atoms with van der Waals surface area (Å²) in [5.41, 5.74) is 0.437. The van der Waals surface area contributed by atoms with Gasteiger partial charge in [0.25, 0.3) is 5.91 Å². The van der Waals surface area contributed by atoms with E-state index in [1.54, 1.807) is 13.0 Å².